The van der Waals surface area contributed by atoms with E-state index in [4.69, 9.17) is 11.6 Å². The van der Waals surface area contributed by atoms with E-state index in [0.29, 0.717) is 0 Å². The number of rotatable bonds is 4. The lowest BCUT2D eigenvalue weighted by molar-refractivity contribution is 0.742. The monoisotopic (exact) mass is 316 g/mol. The molecule has 1 aliphatic rings. The van der Waals surface area contributed by atoms with Gasteiger partial charge in [-0.15, -0.1) is 11.8 Å². The molecular weight excluding hydrogens is 300 g/mol. The van der Waals surface area contributed by atoms with Crippen LogP contribution in [0.4, 0.5) is 0 Å². The molecule has 2 nitrogen and oxygen atoms in total. The highest BCUT2D eigenvalue weighted by molar-refractivity contribution is 7.98. The van der Waals surface area contributed by atoms with E-state index in [0.717, 1.165) is 41.0 Å². The lowest BCUT2D eigenvalue weighted by atomic mass is 10.1. The van der Waals surface area contributed by atoms with Gasteiger partial charge in [0.15, 0.2) is 0 Å². The molecule has 0 atom stereocenters. The highest BCUT2D eigenvalue weighted by Gasteiger charge is 2.11. The Kier molecular flexibility index (Phi) is 4.84. The highest BCUT2D eigenvalue weighted by atomic mass is 35.5. The zero-order valence-corrected chi connectivity index (χ0v) is 13.3. The molecule has 0 spiro atoms. The summed E-state index contributed by atoms with van der Waals surface area (Å²) in [7, 11) is 0. The highest BCUT2D eigenvalue weighted by Crippen LogP contribution is 2.30. The molecule has 0 radical (unpaired) electrons. The number of nitrogens with one attached hydrogen (secondary N) is 1. The largest absolute Gasteiger partial charge is 0.370 e. The summed E-state index contributed by atoms with van der Waals surface area (Å²) in [5.41, 5.74) is 2.49. The standard InChI is InChI=1S/C17H17ClN2S/c18-15-8-3-4-9-16(15)21-12-13-6-1-2-7-14(13)17-19-10-5-11-20-17/h1-4,6-9H,5,10-12H2,(H,19,20). The minimum Gasteiger partial charge on any atom is -0.370 e. The number of amidine groups is 1. The van der Waals surface area contributed by atoms with Crippen LogP contribution < -0.4 is 5.32 Å². The van der Waals surface area contributed by atoms with Gasteiger partial charge in [-0.3, -0.25) is 4.99 Å². The Hall–Kier alpha value is -1.45. The van der Waals surface area contributed by atoms with Gasteiger partial charge in [-0.25, -0.2) is 0 Å². The van der Waals surface area contributed by atoms with Crippen LogP contribution in [-0.2, 0) is 5.75 Å². The molecule has 3 rings (SSSR count). The van der Waals surface area contributed by atoms with Crippen molar-refractivity contribution in [2.45, 2.75) is 17.1 Å². The van der Waals surface area contributed by atoms with E-state index < -0.39 is 0 Å². The number of hydrogen-bond donors (Lipinski definition) is 1. The van der Waals surface area contributed by atoms with Crippen LogP contribution >= 0.6 is 23.4 Å². The fraction of sp³-hybridized carbons (Fsp3) is 0.235. The van der Waals surface area contributed by atoms with Gasteiger partial charge in [0.2, 0.25) is 0 Å². The SMILES string of the molecule is Clc1ccccc1SCc1ccccc1C1=NCCCN1. The molecule has 2 aromatic rings. The van der Waals surface area contributed by atoms with Crippen LogP contribution in [0.2, 0.25) is 5.02 Å². The molecule has 0 amide bonds. The smallest absolute Gasteiger partial charge is 0.128 e. The number of halogens is 1. The molecule has 2 aromatic carbocycles. The molecule has 1 aliphatic heterocycles. The molecule has 0 aliphatic carbocycles. The predicted octanol–water partition coefficient (Wildman–Crippen LogP) is 4.37. The molecule has 4 heteroatoms. The minimum atomic E-state index is 0.813. The lowest BCUT2D eigenvalue weighted by Gasteiger charge is -2.17. The molecule has 0 aromatic heterocycles. The maximum absolute atomic E-state index is 6.22. The Labute approximate surface area is 134 Å². The van der Waals surface area contributed by atoms with Gasteiger partial charge in [0.05, 0.1) is 5.02 Å². The van der Waals surface area contributed by atoms with Crippen LogP contribution in [0.3, 0.4) is 0 Å². The average molecular weight is 317 g/mol. The summed E-state index contributed by atoms with van der Waals surface area (Å²) in [6.07, 6.45) is 1.11. The zero-order valence-electron chi connectivity index (χ0n) is 11.7. The zero-order chi connectivity index (χ0) is 14.5. The number of aliphatic imine (C=N–C) groups is 1. The van der Waals surface area contributed by atoms with Gasteiger partial charge in [-0.2, -0.15) is 0 Å². The van der Waals surface area contributed by atoms with E-state index in [-0.39, 0.29) is 0 Å². The van der Waals surface area contributed by atoms with E-state index in [1.165, 1.54) is 11.1 Å². The second-order valence-electron chi connectivity index (χ2n) is 4.89. The maximum Gasteiger partial charge on any atom is 0.128 e. The van der Waals surface area contributed by atoms with Crippen LogP contribution in [0, 0.1) is 0 Å². The first-order valence-electron chi connectivity index (χ1n) is 7.08. The summed E-state index contributed by atoms with van der Waals surface area (Å²) in [5, 5.41) is 4.21. The molecule has 21 heavy (non-hydrogen) atoms. The normalized spacial score (nSPS) is 14.4. The third kappa shape index (κ3) is 3.60. The molecule has 1 heterocycles. The first-order valence-corrected chi connectivity index (χ1v) is 8.45. The topological polar surface area (TPSA) is 24.4 Å². The Morgan fingerprint density at radius 1 is 1.10 bits per heavy atom. The number of thioether (sulfide) groups is 1. The van der Waals surface area contributed by atoms with Crippen molar-refractivity contribution in [3.63, 3.8) is 0 Å². The van der Waals surface area contributed by atoms with Gasteiger partial charge in [-0.05, 0) is 24.1 Å². The Bertz CT molecular complexity index is 655. The van der Waals surface area contributed by atoms with Crippen molar-refractivity contribution in [3.05, 3.63) is 64.7 Å². The second kappa shape index (κ2) is 7.01. The predicted molar refractivity (Wildman–Crippen MR) is 91.5 cm³/mol. The fourth-order valence-electron chi connectivity index (χ4n) is 2.31. The van der Waals surface area contributed by atoms with Gasteiger partial charge < -0.3 is 5.32 Å². The second-order valence-corrected chi connectivity index (χ2v) is 6.31. The van der Waals surface area contributed by atoms with Crippen LogP contribution in [-0.4, -0.2) is 18.9 Å². The summed E-state index contributed by atoms with van der Waals surface area (Å²) >= 11 is 7.99. The molecule has 0 saturated carbocycles. The van der Waals surface area contributed by atoms with Gasteiger partial charge in [-0.1, -0.05) is 48.0 Å². The van der Waals surface area contributed by atoms with E-state index in [9.17, 15) is 0 Å². The van der Waals surface area contributed by atoms with Gasteiger partial charge in [0.1, 0.15) is 5.84 Å². The van der Waals surface area contributed by atoms with E-state index in [1.807, 2.05) is 18.2 Å². The van der Waals surface area contributed by atoms with Crippen molar-refractivity contribution in [2.75, 3.05) is 13.1 Å². The summed E-state index contributed by atoms with van der Waals surface area (Å²) in [6, 6.07) is 16.4. The van der Waals surface area contributed by atoms with Crippen molar-refractivity contribution in [1.29, 1.82) is 0 Å². The molecular formula is C17H17ClN2S. The van der Waals surface area contributed by atoms with E-state index >= 15 is 0 Å². The molecule has 0 fully saturated rings. The molecule has 0 bridgehead atoms. The van der Waals surface area contributed by atoms with Crippen LogP contribution in [0.1, 0.15) is 17.5 Å². The summed E-state index contributed by atoms with van der Waals surface area (Å²) in [6.45, 7) is 1.92. The lowest BCUT2D eigenvalue weighted by Crippen LogP contribution is -2.30. The Balaban J connectivity index is 1.80. The van der Waals surface area contributed by atoms with Crippen molar-refractivity contribution in [3.8, 4) is 0 Å². The van der Waals surface area contributed by atoms with E-state index in [2.05, 4.69) is 40.6 Å². The quantitative estimate of drug-likeness (QED) is 0.847. The number of nitrogens with zero attached hydrogens (tertiary/aromatic N) is 1. The van der Waals surface area contributed by atoms with Crippen molar-refractivity contribution in [2.24, 2.45) is 4.99 Å². The van der Waals surface area contributed by atoms with Gasteiger partial charge >= 0.3 is 0 Å². The van der Waals surface area contributed by atoms with Crippen molar-refractivity contribution >= 4 is 29.2 Å². The first kappa shape index (κ1) is 14.5. The third-order valence-electron chi connectivity index (χ3n) is 3.39. The Morgan fingerprint density at radius 3 is 2.71 bits per heavy atom. The maximum atomic E-state index is 6.22. The summed E-state index contributed by atoms with van der Waals surface area (Å²) in [5.74, 6) is 1.91. The Morgan fingerprint density at radius 2 is 1.90 bits per heavy atom. The molecule has 1 N–H and O–H groups in total. The molecule has 108 valence electrons. The fourth-order valence-corrected chi connectivity index (χ4v) is 3.55. The van der Waals surface area contributed by atoms with Gasteiger partial charge in [0, 0.05) is 29.3 Å². The molecule has 0 unspecified atom stereocenters. The van der Waals surface area contributed by atoms with Crippen LogP contribution in [0.25, 0.3) is 0 Å². The minimum absolute atomic E-state index is 0.813. The van der Waals surface area contributed by atoms with Crippen molar-refractivity contribution < 1.29 is 0 Å². The summed E-state index contributed by atoms with van der Waals surface area (Å²) < 4.78 is 0. The third-order valence-corrected chi connectivity index (χ3v) is 4.95. The van der Waals surface area contributed by atoms with Crippen LogP contribution in [0.5, 0.6) is 0 Å². The van der Waals surface area contributed by atoms with Gasteiger partial charge in [0.25, 0.3) is 0 Å². The summed E-state index contributed by atoms with van der Waals surface area (Å²) in [4.78, 5) is 5.72. The van der Waals surface area contributed by atoms with Crippen LogP contribution in [0.15, 0.2) is 58.4 Å². The van der Waals surface area contributed by atoms with E-state index in [1.54, 1.807) is 11.8 Å². The number of benzene rings is 2. The first-order chi connectivity index (χ1) is 10.3. The number of hydrogen-bond acceptors (Lipinski definition) is 3. The average Bonchev–Trinajstić information content (AvgIpc) is 2.55. The molecule has 0 saturated heterocycles. The van der Waals surface area contributed by atoms with Crippen molar-refractivity contribution in [1.82, 2.24) is 5.32 Å².